The summed E-state index contributed by atoms with van der Waals surface area (Å²) in [6, 6.07) is 6.75. The Morgan fingerprint density at radius 2 is 2.22 bits per heavy atom. The van der Waals surface area contributed by atoms with Crippen LogP contribution in [0, 0.1) is 6.92 Å². The summed E-state index contributed by atoms with van der Waals surface area (Å²) in [6.07, 6.45) is 2.75. The van der Waals surface area contributed by atoms with Gasteiger partial charge in [0, 0.05) is 23.9 Å². The van der Waals surface area contributed by atoms with Crippen LogP contribution in [0.2, 0.25) is 0 Å². The zero-order chi connectivity index (χ0) is 13.1. The van der Waals surface area contributed by atoms with Gasteiger partial charge in [-0.3, -0.25) is 4.68 Å². The Morgan fingerprint density at radius 3 is 2.72 bits per heavy atom. The fourth-order valence-corrected chi connectivity index (χ4v) is 2.69. The first kappa shape index (κ1) is 12.7. The number of benzene rings is 1. The molecular weight excluding hydrogens is 248 g/mol. The molecule has 4 nitrogen and oxygen atoms in total. The fraction of sp³-hybridized carbons (Fsp3) is 0.231. The maximum atomic E-state index is 10.2. The lowest BCUT2D eigenvalue weighted by molar-refractivity contribution is 0.0697. The van der Waals surface area contributed by atoms with E-state index in [9.17, 15) is 4.79 Å². The summed E-state index contributed by atoms with van der Waals surface area (Å²) in [5.74, 6) is 0.242. The fourth-order valence-electron chi connectivity index (χ4n) is 1.69. The van der Waals surface area contributed by atoms with Crippen molar-refractivity contribution in [2.45, 2.75) is 17.6 Å². The number of thioether (sulfide) groups is 1. The highest BCUT2D eigenvalue weighted by Crippen LogP contribution is 2.31. The van der Waals surface area contributed by atoms with Gasteiger partial charge in [0.2, 0.25) is 0 Å². The Morgan fingerprint density at radius 1 is 1.44 bits per heavy atom. The highest BCUT2D eigenvalue weighted by atomic mass is 32.2. The van der Waals surface area contributed by atoms with Crippen molar-refractivity contribution in [1.82, 2.24) is 9.78 Å². The second-order valence-corrected chi connectivity index (χ2v) is 5.20. The van der Waals surface area contributed by atoms with E-state index in [1.165, 1.54) is 38.9 Å². The summed E-state index contributed by atoms with van der Waals surface area (Å²) in [7, 11) is 1.67. The molecule has 2 bridgehead atoms. The average Bonchev–Trinajstić information content (AvgIpc) is 2.86. The zero-order valence-corrected chi connectivity index (χ0v) is 11.1. The van der Waals surface area contributed by atoms with Crippen molar-refractivity contribution in [2.24, 2.45) is 7.05 Å². The Balaban J connectivity index is 0.000000134. The molecule has 0 radical (unpaired) electrons. The molecule has 1 N–H and O–H groups in total. The van der Waals surface area contributed by atoms with Crippen molar-refractivity contribution in [2.75, 3.05) is 0 Å². The third kappa shape index (κ3) is 3.13. The van der Waals surface area contributed by atoms with Gasteiger partial charge in [-0.2, -0.15) is 5.10 Å². The molecule has 18 heavy (non-hydrogen) atoms. The Hall–Kier alpha value is -1.75. The molecule has 2 aromatic rings. The van der Waals surface area contributed by atoms with Crippen molar-refractivity contribution < 1.29 is 9.90 Å². The van der Waals surface area contributed by atoms with E-state index in [1.807, 2.05) is 11.8 Å². The van der Waals surface area contributed by atoms with E-state index in [0.29, 0.717) is 0 Å². The monoisotopic (exact) mass is 262 g/mol. The van der Waals surface area contributed by atoms with Crippen molar-refractivity contribution in [3.8, 4) is 0 Å². The quantitative estimate of drug-likeness (QED) is 0.858. The first-order valence-electron chi connectivity index (χ1n) is 5.50. The highest BCUT2D eigenvalue weighted by Gasteiger charge is 2.06. The minimum atomic E-state index is -0.942. The summed E-state index contributed by atoms with van der Waals surface area (Å²) >= 11 is 1.93. The molecule has 1 aliphatic rings. The van der Waals surface area contributed by atoms with Gasteiger partial charge >= 0.3 is 5.97 Å². The van der Waals surface area contributed by atoms with Crippen LogP contribution >= 0.6 is 11.8 Å². The van der Waals surface area contributed by atoms with E-state index in [0.717, 1.165) is 0 Å². The molecule has 0 amide bonds. The minimum absolute atomic E-state index is 0.220. The Kier molecular flexibility index (Phi) is 3.72. The van der Waals surface area contributed by atoms with Crippen LogP contribution in [0.3, 0.4) is 0 Å². The topological polar surface area (TPSA) is 55.1 Å². The van der Waals surface area contributed by atoms with Crippen LogP contribution in [0.5, 0.6) is 0 Å². The molecule has 0 fully saturated rings. The van der Waals surface area contributed by atoms with E-state index in [4.69, 9.17) is 5.11 Å². The molecule has 0 saturated heterocycles. The van der Waals surface area contributed by atoms with Gasteiger partial charge in [0.15, 0.2) is 0 Å². The lowest BCUT2D eigenvalue weighted by atomic mass is 10.2. The van der Waals surface area contributed by atoms with Crippen LogP contribution < -0.4 is 0 Å². The lowest BCUT2D eigenvalue weighted by Crippen LogP contribution is -1.92. The predicted molar refractivity (Wildman–Crippen MR) is 70.9 cm³/mol. The highest BCUT2D eigenvalue weighted by molar-refractivity contribution is 7.98. The third-order valence-electron chi connectivity index (χ3n) is 2.47. The summed E-state index contributed by atoms with van der Waals surface area (Å²) in [5, 5.41) is 12.0. The molecule has 0 unspecified atom stereocenters. The maximum absolute atomic E-state index is 10.2. The molecule has 1 aromatic heterocycles. The number of carboxylic acids is 1. The second-order valence-electron chi connectivity index (χ2n) is 4.15. The molecular formula is C13H14N2O2S. The van der Waals surface area contributed by atoms with Gasteiger partial charge in [-0.25, -0.2) is 4.79 Å². The van der Waals surface area contributed by atoms with Gasteiger partial charge in [-0.1, -0.05) is 6.07 Å². The number of hydrogen-bond donors (Lipinski definition) is 1. The molecule has 0 spiro atoms. The number of carbonyl (C=O) groups is 1. The predicted octanol–water partition coefficient (Wildman–Crippen LogP) is 2.72. The molecule has 1 aromatic carbocycles. The first-order valence-corrected chi connectivity index (χ1v) is 6.48. The average molecular weight is 262 g/mol. The lowest BCUT2D eigenvalue weighted by Gasteiger charge is -1.89. The van der Waals surface area contributed by atoms with E-state index in [1.54, 1.807) is 7.05 Å². The normalized spacial score (nSPS) is 11.9. The second kappa shape index (κ2) is 5.27. The number of carboxylic acid groups (broad SMARTS) is 1. The number of rotatable bonds is 1. The zero-order valence-electron chi connectivity index (χ0n) is 10.3. The number of nitrogens with zero attached hydrogens (tertiary/aromatic N) is 2. The van der Waals surface area contributed by atoms with Gasteiger partial charge in [0.1, 0.15) is 0 Å². The molecule has 0 saturated carbocycles. The molecule has 1 aliphatic heterocycles. The largest absolute Gasteiger partial charge is 0.478 e. The summed E-state index contributed by atoms with van der Waals surface area (Å²) in [4.78, 5) is 11.6. The van der Waals surface area contributed by atoms with Crippen LogP contribution in [-0.2, 0) is 12.8 Å². The van der Waals surface area contributed by atoms with Gasteiger partial charge in [0.05, 0.1) is 11.8 Å². The SMILES string of the molecule is Cc1cc2cc(c1)SC2.Cn1cc(C(=O)O)cn1. The third-order valence-corrected chi connectivity index (χ3v) is 3.51. The number of aromatic carboxylic acids is 1. The van der Waals surface area contributed by atoms with Crippen molar-refractivity contribution in [1.29, 1.82) is 0 Å². The van der Waals surface area contributed by atoms with Crippen LogP contribution in [-0.4, -0.2) is 20.9 Å². The van der Waals surface area contributed by atoms with Gasteiger partial charge < -0.3 is 5.11 Å². The summed E-state index contributed by atoms with van der Waals surface area (Å²) in [5.41, 5.74) is 3.10. The molecule has 94 valence electrons. The van der Waals surface area contributed by atoms with E-state index in [-0.39, 0.29) is 5.56 Å². The van der Waals surface area contributed by atoms with Crippen LogP contribution in [0.25, 0.3) is 0 Å². The van der Waals surface area contributed by atoms with Gasteiger partial charge in [0.25, 0.3) is 0 Å². The van der Waals surface area contributed by atoms with Crippen molar-refractivity contribution in [3.63, 3.8) is 0 Å². The van der Waals surface area contributed by atoms with Crippen LogP contribution in [0.1, 0.15) is 21.5 Å². The van der Waals surface area contributed by atoms with Crippen LogP contribution in [0.4, 0.5) is 0 Å². The van der Waals surface area contributed by atoms with Crippen molar-refractivity contribution >= 4 is 17.7 Å². The van der Waals surface area contributed by atoms with Gasteiger partial charge in [-0.05, 0) is 30.2 Å². The number of aromatic nitrogens is 2. The number of aryl methyl sites for hydroxylation is 2. The molecule has 3 rings (SSSR count). The molecule has 0 aliphatic carbocycles. The Labute approximate surface area is 110 Å². The molecule has 2 heterocycles. The number of fused-ring (bicyclic) bond motifs is 2. The smallest absolute Gasteiger partial charge is 0.338 e. The summed E-state index contributed by atoms with van der Waals surface area (Å²) < 4.78 is 1.45. The first-order chi connectivity index (χ1) is 8.54. The minimum Gasteiger partial charge on any atom is -0.478 e. The standard InChI is InChI=1S/C8H8S.C5H6N2O2/c1-6-2-7-4-8(3-6)9-5-7;1-7-3-4(2-6-7)5(8)9/h2-4H,5H2,1H3;2-3H,1H3,(H,8,9). The Bertz CT molecular complexity index is 556. The van der Waals surface area contributed by atoms with Crippen LogP contribution in [0.15, 0.2) is 35.5 Å². The van der Waals surface area contributed by atoms with E-state index < -0.39 is 5.97 Å². The molecule has 5 heteroatoms. The maximum Gasteiger partial charge on any atom is 0.338 e. The van der Waals surface area contributed by atoms with E-state index in [2.05, 4.69) is 30.2 Å². The molecule has 0 atom stereocenters. The van der Waals surface area contributed by atoms with E-state index >= 15 is 0 Å². The number of hydrogen-bond acceptors (Lipinski definition) is 3. The summed E-state index contributed by atoms with van der Waals surface area (Å²) in [6.45, 7) is 2.15. The van der Waals surface area contributed by atoms with Gasteiger partial charge in [-0.15, -0.1) is 11.8 Å². The van der Waals surface area contributed by atoms with Crippen molar-refractivity contribution in [3.05, 3.63) is 47.3 Å².